The summed E-state index contributed by atoms with van der Waals surface area (Å²) < 4.78 is 5.07. The third kappa shape index (κ3) is 2.43. The van der Waals surface area contributed by atoms with Crippen molar-refractivity contribution in [1.82, 2.24) is 15.0 Å². The minimum Gasteiger partial charge on any atom is -0.338 e. The lowest BCUT2D eigenvalue weighted by Crippen LogP contribution is -2.34. The van der Waals surface area contributed by atoms with Gasteiger partial charge in [-0.3, -0.25) is 4.90 Å². The van der Waals surface area contributed by atoms with Gasteiger partial charge in [0.2, 0.25) is 5.89 Å². The van der Waals surface area contributed by atoms with Crippen molar-refractivity contribution in [2.45, 2.75) is 38.9 Å². The fourth-order valence-electron chi connectivity index (χ4n) is 2.73. The molecule has 0 saturated carbocycles. The molecule has 0 radical (unpaired) electrons. The van der Waals surface area contributed by atoms with Gasteiger partial charge in [-0.05, 0) is 29.9 Å². The molecular weight excluding hydrogens is 260 g/mol. The van der Waals surface area contributed by atoms with E-state index in [1.165, 1.54) is 10.4 Å². The molecule has 1 aliphatic rings. The first-order chi connectivity index (χ1) is 9.31. The van der Waals surface area contributed by atoms with Crippen molar-refractivity contribution in [3.05, 3.63) is 33.6 Å². The molecule has 1 unspecified atom stereocenters. The van der Waals surface area contributed by atoms with E-state index < -0.39 is 0 Å². The predicted molar refractivity (Wildman–Crippen MR) is 73.7 cm³/mol. The fraction of sp³-hybridized carbons (Fsp3) is 0.538. The van der Waals surface area contributed by atoms with E-state index in [4.69, 9.17) is 10.3 Å². The summed E-state index contributed by atoms with van der Waals surface area (Å²) in [7, 11) is 0. The van der Waals surface area contributed by atoms with E-state index >= 15 is 0 Å². The van der Waals surface area contributed by atoms with Crippen LogP contribution in [0.5, 0.6) is 0 Å². The van der Waals surface area contributed by atoms with Gasteiger partial charge in [-0.1, -0.05) is 12.1 Å². The van der Waals surface area contributed by atoms with Gasteiger partial charge < -0.3 is 10.3 Å². The Balaban J connectivity index is 1.78. The number of fused-ring (bicyclic) bond motifs is 1. The molecule has 3 heterocycles. The van der Waals surface area contributed by atoms with Crippen LogP contribution in [0.2, 0.25) is 0 Å². The van der Waals surface area contributed by atoms with Gasteiger partial charge in [0.25, 0.3) is 0 Å². The van der Waals surface area contributed by atoms with E-state index in [-0.39, 0.29) is 0 Å². The predicted octanol–water partition coefficient (Wildman–Crippen LogP) is 2.10. The Morgan fingerprint density at radius 1 is 1.58 bits per heavy atom. The average Bonchev–Trinajstić information content (AvgIpc) is 3.06. The summed E-state index contributed by atoms with van der Waals surface area (Å²) in [6.07, 6.45) is 2.22. The topological polar surface area (TPSA) is 68.2 Å². The van der Waals surface area contributed by atoms with Crippen LogP contribution >= 0.6 is 11.3 Å². The summed E-state index contributed by atoms with van der Waals surface area (Å²) in [5, 5.41) is 6.18. The Hall–Kier alpha value is -1.24. The second-order valence-electron chi connectivity index (χ2n) is 4.75. The Morgan fingerprint density at radius 2 is 2.47 bits per heavy atom. The average molecular weight is 278 g/mol. The molecule has 19 heavy (non-hydrogen) atoms. The van der Waals surface area contributed by atoms with Crippen LogP contribution in [0, 0.1) is 0 Å². The van der Waals surface area contributed by atoms with E-state index in [9.17, 15) is 0 Å². The molecule has 2 aromatic heterocycles. The molecule has 0 spiro atoms. The smallest absolute Gasteiger partial charge is 0.240 e. The molecule has 2 aromatic rings. The van der Waals surface area contributed by atoms with Gasteiger partial charge in [0.15, 0.2) is 5.82 Å². The van der Waals surface area contributed by atoms with E-state index in [1.807, 2.05) is 11.3 Å². The van der Waals surface area contributed by atoms with E-state index in [0.717, 1.165) is 31.8 Å². The van der Waals surface area contributed by atoms with E-state index in [1.54, 1.807) is 0 Å². The number of hydrogen-bond acceptors (Lipinski definition) is 6. The van der Waals surface area contributed by atoms with Crippen LogP contribution in [-0.2, 0) is 19.5 Å². The van der Waals surface area contributed by atoms with Gasteiger partial charge in [-0.15, -0.1) is 11.3 Å². The summed E-state index contributed by atoms with van der Waals surface area (Å²) in [6, 6.07) is 2.72. The van der Waals surface area contributed by atoms with Crippen LogP contribution in [0.1, 0.15) is 41.5 Å². The molecular formula is C13H18N4OS. The molecule has 0 fully saturated rings. The highest BCUT2D eigenvalue weighted by Gasteiger charge is 2.27. The number of nitrogens with two attached hydrogens (primary N) is 1. The van der Waals surface area contributed by atoms with Crippen molar-refractivity contribution in [3.8, 4) is 0 Å². The van der Waals surface area contributed by atoms with Gasteiger partial charge >= 0.3 is 0 Å². The van der Waals surface area contributed by atoms with Crippen molar-refractivity contribution < 1.29 is 4.52 Å². The Bertz CT molecular complexity index is 550. The van der Waals surface area contributed by atoms with Gasteiger partial charge in [0.05, 0.1) is 13.1 Å². The zero-order chi connectivity index (χ0) is 13.2. The summed E-state index contributed by atoms with van der Waals surface area (Å²) in [5.41, 5.74) is 6.96. The SMILES string of the molecule is CCC1c2ccsc2CCN1Cc1noc(CN)n1. The highest BCUT2D eigenvalue weighted by atomic mass is 32.1. The minimum absolute atomic E-state index is 0.304. The largest absolute Gasteiger partial charge is 0.338 e. The van der Waals surface area contributed by atoms with Gasteiger partial charge in [0, 0.05) is 17.5 Å². The van der Waals surface area contributed by atoms with Gasteiger partial charge in [-0.25, -0.2) is 0 Å². The highest BCUT2D eigenvalue weighted by Crippen LogP contribution is 2.35. The second kappa shape index (κ2) is 5.40. The van der Waals surface area contributed by atoms with E-state index in [2.05, 4.69) is 33.4 Å². The molecule has 2 N–H and O–H groups in total. The maximum absolute atomic E-state index is 5.49. The van der Waals surface area contributed by atoms with Crippen LogP contribution < -0.4 is 5.73 Å². The molecule has 0 saturated heterocycles. The number of aromatic nitrogens is 2. The number of hydrogen-bond donors (Lipinski definition) is 1. The monoisotopic (exact) mass is 278 g/mol. The Morgan fingerprint density at radius 3 is 3.21 bits per heavy atom. The molecule has 0 aromatic carbocycles. The highest BCUT2D eigenvalue weighted by molar-refractivity contribution is 7.10. The van der Waals surface area contributed by atoms with Crippen molar-refractivity contribution in [3.63, 3.8) is 0 Å². The lowest BCUT2D eigenvalue weighted by molar-refractivity contribution is 0.166. The van der Waals surface area contributed by atoms with Crippen LogP contribution in [-0.4, -0.2) is 21.6 Å². The third-order valence-electron chi connectivity index (χ3n) is 3.62. The van der Waals surface area contributed by atoms with Crippen LogP contribution in [0.25, 0.3) is 0 Å². The normalized spacial score (nSPS) is 19.6. The third-order valence-corrected chi connectivity index (χ3v) is 4.62. The molecule has 1 aliphatic heterocycles. The summed E-state index contributed by atoms with van der Waals surface area (Å²) >= 11 is 1.87. The lowest BCUT2D eigenvalue weighted by Gasteiger charge is -2.34. The van der Waals surface area contributed by atoms with Crippen molar-refractivity contribution in [1.29, 1.82) is 0 Å². The molecule has 0 amide bonds. The molecule has 3 rings (SSSR count). The maximum Gasteiger partial charge on any atom is 0.240 e. The van der Waals surface area contributed by atoms with Crippen molar-refractivity contribution in [2.75, 3.05) is 6.54 Å². The van der Waals surface area contributed by atoms with Crippen LogP contribution in [0.4, 0.5) is 0 Å². The molecule has 0 bridgehead atoms. The first-order valence-corrected chi connectivity index (χ1v) is 7.51. The summed E-state index contributed by atoms with van der Waals surface area (Å²) in [6.45, 7) is 4.32. The van der Waals surface area contributed by atoms with Crippen LogP contribution in [0.3, 0.4) is 0 Å². The molecule has 102 valence electrons. The standard InChI is InChI=1S/C13H18N4OS/c1-2-10-9-4-6-19-11(9)3-5-17(10)8-12-15-13(7-14)18-16-12/h4,6,10H,2-3,5,7-8,14H2,1H3. The maximum atomic E-state index is 5.49. The lowest BCUT2D eigenvalue weighted by atomic mass is 9.98. The van der Waals surface area contributed by atoms with E-state index in [0.29, 0.717) is 18.5 Å². The summed E-state index contributed by atoms with van der Waals surface area (Å²) in [5.74, 6) is 1.24. The molecule has 5 nitrogen and oxygen atoms in total. The second-order valence-corrected chi connectivity index (χ2v) is 5.75. The number of nitrogens with zero attached hydrogens (tertiary/aromatic N) is 3. The minimum atomic E-state index is 0.304. The zero-order valence-electron chi connectivity index (χ0n) is 11.0. The van der Waals surface area contributed by atoms with Gasteiger partial charge in [0.1, 0.15) is 0 Å². The molecule has 1 atom stereocenters. The Kier molecular flexibility index (Phi) is 3.63. The van der Waals surface area contributed by atoms with Crippen LogP contribution in [0.15, 0.2) is 16.0 Å². The van der Waals surface area contributed by atoms with Crippen molar-refractivity contribution >= 4 is 11.3 Å². The fourth-order valence-corrected chi connectivity index (χ4v) is 3.66. The number of rotatable bonds is 4. The van der Waals surface area contributed by atoms with Gasteiger partial charge in [-0.2, -0.15) is 4.98 Å². The first kappa shape index (κ1) is 12.8. The summed E-state index contributed by atoms with van der Waals surface area (Å²) in [4.78, 5) is 8.25. The number of thiophene rings is 1. The zero-order valence-corrected chi connectivity index (χ0v) is 11.8. The first-order valence-electron chi connectivity index (χ1n) is 6.63. The quantitative estimate of drug-likeness (QED) is 0.927. The molecule has 0 aliphatic carbocycles. The Labute approximate surface area is 116 Å². The molecule has 6 heteroatoms. The van der Waals surface area contributed by atoms with Crippen molar-refractivity contribution in [2.24, 2.45) is 5.73 Å².